The van der Waals surface area contributed by atoms with Gasteiger partial charge in [-0.05, 0) is 23.8 Å². The lowest BCUT2D eigenvalue weighted by Gasteiger charge is -2.12. The van der Waals surface area contributed by atoms with E-state index in [0.29, 0.717) is 17.4 Å². The first kappa shape index (κ1) is 18.2. The van der Waals surface area contributed by atoms with E-state index in [1.54, 1.807) is 29.6 Å². The summed E-state index contributed by atoms with van der Waals surface area (Å²) in [4.78, 5) is 27.0. The van der Waals surface area contributed by atoms with Crippen LogP contribution >= 0.6 is 0 Å². The lowest BCUT2D eigenvalue weighted by molar-refractivity contribution is -0.138. The molecule has 0 aliphatic rings. The minimum absolute atomic E-state index is 0.185. The summed E-state index contributed by atoms with van der Waals surface area (Å²) in [6.45, 7) is -0.185. The van der Waals surface area contributed by atoms with Gasteiger partial charge in [0.1, 0.15) is 12.4 Å². The zero-order chi connectivity index (χ0) is 18.4. The Morgan fingerprint density at radius 3 is 2.68 bits per heavy atom. The first-order valence-electron chi connectivity index (χ1n) is 6.93. The lowest BCUT2D eigenvalue weighted by atomic mass is 10.1. The van der Waals surface area contributed by atoms with Crippen molar-refractivity contribution in [3.05, 3.63) is 59.4 Å². The van der Waals surface area contributed by atoms with Crippen LogP contribution in [0.4, 0.5) is 18.0 Å². The SMILES string of the molecule is COc1cccc(COC(=O)NC(=O)c2cnccc2C(F)(F)F)c1. The second kappa shape index (κ2) is 7.65. The van der Waals surface area contributed by atoms with Crippen molar-refractivity contribution in [2.24, 2.45) is 0 Å². The summed E-state index contributed by atoms with van der Waals surface area (Å²) in [5, 5.41) is 1.74. The van der Waals surface area contributed by atoms with Crippen LogP contribution in [0.5, 0.6) is 5.75 Å². The number of ether oxygens (including phenoxy) is 2. The zero-order valence-electron chi connectivity index (χ0n) is 13.0. The number of aromatic nitrogens is 1. The van der Waals surface area contributed by atoms with Crippen LogP contribution in [0.1, 0.15) is 21.5 Å². The molecule has 132 valence electrons. The fourth-order valence-electron chi connectivity index (χ4n) is 1.93. The average Bonchev–Trinajstić information content (AvgIpc) is 2.59. The molecule has 2 amide bonds. The molecule has 1 heterocycles. The molecule has 0 spiro atoms. The number of rotatable bonds is 4. The Kier molecular flexibility index (Phi) is 5.58. The van der Waals surface area contributed by atoms with Gasteiger partial charge in [-0.3, -0.25) is 15.1 Å². The summed E-state index contributed by atoms with van der Waals surface area (Å²) in [6, 6.07) is 7.27. The summed E-state index contributed by atoms with van der Waals surface area (Å²) in [5.41, 5.74) is -1.38. The lowest BCUT2D eigenvalue weighted by Crippen LogP contribution is -2.32. The maximum atomic E-state index is 12.9. The molecule has 0 atom stereocenters. The highest BCUT2D eigenvalue weighted by Crippen LogP contribution is 2.31. The molecule has 0 fully saturated rings. The van der Waals surface area contributed by atoms with E-state index in [0.717, 1.165) is 12.4 Å². The number of amides is 2. The molecule has 2 aromatic rings. The van der Waals surface area contributed by atoms with Crippen molar-refractivity contribution in [3.63, 3.8) is 0 Å². The standard InChI is InChI=1S/C16H13F3N2O4/c1-24-11-4-2-3-10(7-11)9-25-15(23)21-14(22)12-8-20-6-5-13(12)16(17,18)19/h2-8H,9H2,1H3,(H,21,22,23). The normalized spacial score (nSPS) is 10.9. The van der Waals surface area contributed by atoms with Gasteiger partial charge in [0, 0.05) is 12.4 Å². The second-order valence-electron chi connectivity index (χ2n) is 4.80. The molecule has 0 saturated carbocycles. The van der Waals surface area contributed by atoms with Gasteiger partial charge in [-0.25, -0.2) is 4.79 Å². The number of nitrogens with one attached hydrogen (secondary N) is 1. The Morgan fingerprint density at radius 2 is 2.00 bits per heavy atom. The van der Waals surface area contributed by atoms with Gasteiger partial charge >= 0.3 is 12.3 Å². The molecule has 1 aromatic carbocycles. The molecular weight excluding hydrogens is 341 g/mol. The Balaban J connectivity index is 2.00. The number of pyridine rings is 1. The van der Waals surface area contributed by atoms with Gasteiger partial charge in [-0.15, -0.1) is 0 Å². The van der Waals surface area contributed by atoms with Crippen molar-refractivity contribution >= 4 is 12.0 Å². The smallest absolute Gasteiger partial charge is 0.417 e. The third-order valence-corrected chi connectivity index (χ3v) is 3.09. The number of halogens is 3. The van der Waals surface area contributed by atoms with Crippen molar-refractivity contribution in [3.8, 4) is 5.75 Å². The van der Waals surface area contributed by atoms with E-state index in [-0.39, 0.29) is 6.61 Å². The number of imide groups is 1. The number of methoxy groups -OCH3 is 1. The third kappa shape index (κ3) is 4.93. The summed E-state index contributed by atoms with van der Waals surface area (Å²) in [5.74, 6) is -0.709. The van der Waals surface area contributed by atoms with Crippen molar-refractivity contribution in [2.75, 3.05) is 7.11 Å². The maximum absolute atomic E-state index is 12.9. The summed E-state index contributed by atoms with van der Waals surface area (Å²) >= 11 is 0. The molecule has 0 radical (unpaired) electrons. The molecule has 1 N–H and O–H groups in total. The predicted molar refractivity (Wildman–Crippen MR) is 79.9 cm³/mol. The number of alkyl carbamates (subject to hydrolysis) is 1. The Bertz CT molecular complexity index is 778. The Morgan fingerprint density at radius 1 is 1.24 bits per heavy atom. The number of nitrogens with zero attached hydrogens (tertiary/aromatic N) is 1. The van der Waals surface area contributed by atoms with E-state index >= 15 is 0 Å². The Labute approximate surface area is 140 Å². The first-order valence-corrected chi connectivity index (χ1v) is 6.93. The van der Waals surface area contributed by atoms with Gasteiger partial charge in [0.25, 0.3) is 5.91 Å². The average molecular weight is 354 g/mol. The molecule has 1 aromatic heterocycles. The fraction of sp³-hybridized carbons (Fsp3) is 0.188. The largest absolute Gasteiger partial charge is 0.497 e. The van der Waals surface area contributed by atoms with Crippen LogP contribution in [-0.2, 0) is 17.5 Å². The number of carbonyl (C=O) groups is 2. The van der Waals surface area contributed by atoms with Crippen LogP contribution < -0.4 is 10.1 Å². The second-order valence-corrected chi connectivity index (χ2v) is 4.80. The number of hydrogen-bond donors (Lipinski definition) is 1. The van der Waals surface area contributed by atoms with Gasteiger partial charge in [-0.1, -0.05) is 12.1 Å². The highest BCUT2D eigenvalue weighted by molar-refractivity contribution is 6.03. The van der Waals surface area contributed by atoms with Crippen molar-refractivity contribution in [1.82, 2.24) is 10.3 Å². The molecule has 0 bridgehead atoms. The van der Waals surface area contributed by atoms with Gasteiger partial charge < -0.3 is 9.47 Å². The van der Waals surface area contributed by atoms with Crippen LogP contribution in [-0.4, -0.2) is 24.1 Å². The van der Waals surface area contributed by atoms with Crippen molar-refractivity contribution in [1.29, 1.82) is 0 Å². The van der Waals surface area contributed by atoms with E-state index in [2.05, 4.69) is 4.98 Å². The van der Waals surface area contributed by atoms with Crippen LogP contribution in [0.3, 0.4) is 0 Å². The topological polar surface area (TPSA) is 77.5 Å². The number of alkyl halides is 3. The maximum Gasteiger partial charge on any atom is 0.417 e. The van der Waals surface area contributed by atoms with Crippen molar-refractivity contribution < 1.29 is 32.2 Å². The summed E-state index contributed by atoms with van der Waals surface area (Å²) in [6.07, 6.45) is -4.29. The minimum Gasteiger partial charge on any atom is -0.497 e. The quantitative estimate of drug-likeness (QED) is 0.912. The van der Waals surface area contributed by atoms with Crippen LogP contribution in [0, 0.1) is 0 Å². The number of hydrogen-bond acceptors (Lipinski definition) is 5. The van der Waals surface area contributed by atoms with Crippen molar-refractivity contribution in [2.45, 2.75) is 12.8 Å². The molecular formula is C16H13F3N2O4. The zero-order valence-corrected chi connectivity index (χ0v) is 13.0. The molecule has 0 unspecified atom stereocenters. The summed E-state index contributed by atoms with van der Waals surface area (Å²) in [7, 11) is 1.47. The highest BCUT2D eigenvalue weighted by atomic mass is 19.4. The van der Waals surface area contributed by atoms with E-state index in [1.807, 2.05) is 0 Å². The third-order valence-electron chi connectivity index (χ3n) is 3.09. The number of benzene rings is 1. The van der Waals surface area contributed by atoms with Gasteiger partial charge in [0.15, 0.2) is 0 Å². The van der Waals surface area contributed by atoms with E-state index in [1.165, 1.54) is 7.11 Å². The highest BCUT2D eigenvalue weighted by Gasteiger charge is 2.35. The monoisotopic (exact) mass is 354 g/mol. The molecule has 9 heteroatoms. The van der Waals surface area contributed by atoms with E-state index < -0.39 is 29.3 Å². The van der Waals surface area contributed by atoms with Crippen LogP contribution in [0.2, 0.25) is 0 Å². The molecule has 0 saturated heterocycles. The molecule has 2 rings (SSSR count). The summed E-state index contributed by atoms with van der Waals surface area (Å²) < 4.78 is 48.4. The van der Waals surface area contributed by atoms with Gasteiger partial charge in [0.05, 0.1) is 18.2 Å². The van der Waals surface area contributed by atoms with Gasteiger partial charge in [0.2, 0.25) is 0 Å². The fourth-order valence-corrected chi connectivity index (χ4v) is 1.93. The molecule has 0 aliphatic heterocycles. The Hall–Kier alpha value is -3.10. The van der Waals surface area contributed by atoms with E-state index in [9.17, 15) is 22.8 Å². The number of carbonyl (C=O) groups excluding carboxylic acids is 2. The minimum atomic E-state index is -4.75. The molecule has 0 aliphatic carbocycles. The van der Waals surface area contributed by atoms with E-state index in [4.69, 9.17) is 9.47 Å². The van der Waals surface area contributed by atoms with Gasteiger partial charge in [-0.2, -0.15) is 13.2 Å². The molecule has 6 nitrogen and oxygen atoms in total. The van der Waals surface area contributed by atoms with Crippen LogP contribution in [0.25, 0.3) is 0 Å². The first-order chi connectivity index (χ1) is 11.8. The predicted octanol–water partition coefficient (Wildman–Crippen LogP) is 3.18. The molecule has 25 heavy (non-hydrogen) atoms. The van der Waals surface area contributed by atoms with Crippen LogP contribution in [0.15, 0.2) is 42.7 Å².